The third-order valence-corrected chi connectivity index (χ3v) is 2.48. The van der Waals surface area contributed by atoms with Gasteiger partial charge < -0.3 is 0 Å². The number of hydrogen-bond donors (Lipinski definition) is 1. The highest BCUT2D eigenvalue weighted by molar-refractivity contribution is 5.42. The lowest BCUT2D eigenvalue weighted by Gasteiger charge is -2.12. The molecule has 0 atom stereocenters. The zero-order valence-corrected chi connectivity index (χ0v) is 9.51. The number of aromatic amines is 1. The topological polar surface area (TPSA) is 37.8 Å². The number of aromatic nitrogens is 2. The number of nitrogens with one attached hydrogen (secondary N) is 1. The van der Waals surface area contributed by atoms with Crippen molar-refractivity contribution in [2.75, 3.05) is 0 Å². The number of halogens is 6. The molecule has 1 heterocycles. The highest BCUT2D eigenvalue weighted by Crippen LogP contribution is 2.33. The Hall–Kier alpha value is -2.19. The molecule has 108 valence electrons. The summed E-state index contributed by atoms with van der Waals surface area (Å²) in [6, 6.07) is 4.04. The average molecular weight is 296 g/mol. The van der Waals surface area contributed by atoms with Crippen LogP contribution in [0.15, 0.2) is 35.1 Å². The third-order valence-electron chi connectivity index (χ3n) is 2.48. The van der Waals surface area contributed by atoms with Gasteiger partial charge in [0.15, 0.2) is 0 Å². The van der Waals surface area contributed by atoms with Crippen molar-refractivity contribution in [3.63, 3.8) is 0 Å². The average Bonchev–Trinajstić information content (AvgIpc) is 2.70. The summed E-state index contributed by atoms with van der Waals surface area (Å²) in [6.45, 7) is 0. The molecule has 1 aromatic heterocycles. The van der Waals surface area contributed by atoms with Crippen LogP contribution in [0.5, 0.6) is 0 Å². The fraction of sp³-hybridized carbons (Fsp3) is 0.182. The maximum absolute atomic E-state index is 12.8. The Morgan fingerprint density at radius 1 is 0.950 bits per heavy atom. The van der Waals surface area contributed by atoms with E-state index in [2.05, 4.69) is 0 Å². The van der Waals surface area contributed by atoms with E-state index in [1.807, 2.05) is 0 Å². The van der Waals surface area contributed by atoms with E-state index in [0.29, 0.717) is 6.07 Å². The van der Waals surface area contributed by atoms with Crippen molar-refractivity contribution in [1.29, 1.82) is 0 Å². The Morgan fingerprint density at radius 3 is 2.05 bits per heavy atom. The van der Waals surface area contributed by atoms with Crippen LogP contribution in [0.2, 0.25) is 0 Å². The van der Waals surface area contributed by atoms with Crippen LogP contribution in [-0.4, -0.2) is 9.78 Å². The number of H-pyrrole nitrogens is 1. The van der Waals surface area contributed by atoms with Gasteiger partial charge in [0.25, 0.3) is 5.56 Å². The minimum atomic E-state index is -4.85. The van der Waals surface area contributed by atoms with Gasteiger partial charge in [0.2, 0.25) is 0 Å². The first-order chi connectivity index (χ1) is 9.10. The van der Waals surface area contributed by atoms with Crippen LogP contribution in [0, 0.1) is 0 Å². The van der Waals surface area contributed by atoms with E-state index in [4.69, 9.17) is 0 Å². The number of rotatable bonds is 1. The molecular weight excluding hydrogens is 290 g/mol. The summed E-state index contributed by atoms with van der Waals surface area (Å²) in [5, 5.41) is 1.63. The summed E-state index contributed by atoms with van der Waals surface area (Å²) in [5.74, 6) is 0. The summed E-state index contributed by atoms with van der Waals surface area (Å²) in [4.78, 5) is 11.4. The summed E-state index contributed by atoms with van der Waals surface area (Å²) >= 11 is 0. The minimum absolute atomic E-state index is 0.202. The first-order valence-corrected chi connectivity index (χ1v) is 5.16. The molecule has 1 N–H and O–H groups in total. The van der Waals surface area contributed by atoms with E-state index >= 15 is 0 Å². The molecule has 0 unspecified atom stereocenters. The van der Waals surface area contributed by atoms with Crippen molar-refractivity contribution in [2.24, 2.45) is 0 Å². The lowest BCUT2D eigenvalue weighted by molar-refractivity contribution is -0.141. The van der Waals surface area contributed by atoms with E-state index in [1.54, 1.807) is 5.10 Å². The van der Waals surface area contributed by atoms with Gasteiger partial charge in [0.1, 0.15) is 5.69 Å². The van der Waals surface area contributed by atoms with Crippen LogP contribution in [0.1, 0.15) is 11.3 Å². The van der Waals surface area contributed by atoms with E-state index in [1.165, 1.54) is 6.07 Å². The smallest absolute Gasteiger partial charge is 0.286 e. The highest BCUT2D eigenvalue weighted by atomic mass is 19.4. The Morgan fingerprint density at radius 2 is 1.55 bits per heavy atom. The molecule has 0 saturated heterocycles. The zero-order valence-electron chi connectivity index (χ0n) is 9.51. The Bertz CT molecular complexity index is 679. The summed E-state index contributed by atoms with van der Waals surface area (Å²) in [7, 11) is 0. The van der Waals surface area contributed by atoms with Crippen LogP contribution < -0.4 is 5.56 Å². The number of nitrogens with zero attached hydrogens (tertiary/aromatic N) is 1. The molecule has 0 aliphatic heterocycles. The van der Waals surface area contributed by atoms with Crippen molar-refractivity contribution in [3.05, 3.63) is 51.9 Å². The molecule has 0 amide bonds. The molecular formula is C11H6F6N2O. The zero-order chi connectivity index (χ0) is 15.1. The van der Waals surface area contributed by atoms with Crippen molar-refractivity contribution in [2.45, 2.75) is 12.4 Å². The predicted molar refractivity (Wildman–Crippen MR) is 56.4 cm³/mol. The van der Waals surface area contributed by atoms with Gasteiger partial charge in [-0.05, 0) is 12.1 Å². The van der Waals surface area contributed by atoms with Crippen molar-refractivity contribution in [1.82, 2.24) is 9.78 Å². The molecule has 0 spiro atoms. The van der Waals surface area contributed by atoms with E-state index in [9.17, 15) is 31.1 Å². The lowest BCUT2D eigenvalue weighted by atomic mass is 10.2. The maximum Gasteiger partial charge on any atom is 0.432 e. The minimum Gasteiger partial charge on any atom is -0.286 e. The molecule has 3 nitrogen and oxygen atoms in total. The Labute approximate surface area is 107 Å². The third kappa shape index (κ3) is 2.56. The Balaban J connectivity index is 2.65. The van der Waals surface area contributed by atoms with Gasteiger partial charge in [-0.2, -0.15) is 26.3 Å². The lowest BCUT2D eigenvalue weighted by Crippen LogP contribution is -2.19. The molecule has 0 saturated carbocycles. The van der Waals surface area contributed by atoms with Gasteiger partial charge in [-0.15, -0.1) is 0 Å². The van der Waals surface area contributed by atoms with E-state index < -0.39 is 34.9 Å². The summed E-state index contributed by atoms with van der Waals surface area (Å²) < 4.78 is 75.8. The largest absolute Gasteiger partial charge is 0.432 e. The van der Waals surface area contributed by atoms with Gasteiger partial charge in [0, 0.05) is 6.07 Å². The van der Waals surface area contributed by atoms with E-state index in [0.717, 1.165) is 12.1 Å². The van der Waals surface area contributed by atoms with Crippen molar-refractivity contribution >= 4 is 0 Å². The molecule has 20 heavy (non-hydrogen) atoms. The molecule has 2 rings (SSSR count). The predicted octanol–water partition coefficient (Wildman–Crippen LogP) is 3.20. The Kier molecular flexibility index (Phi) is 3.15. The van der Waals surface area contributed by atoms with Gasteiger partial charge in [-0.1, -0.05) is 12.1 Å². The molecule has 1 aromatic carbocycles. The number of alkyl halides is 6. The number of para-hydroxylation sites is 1. The molecule has 0 aliphatic carbocycles. The molecule has 0 bridgehead atoms. The van der Waals surface area contributed by atoms with E-state index in [-0.39, 0.29) is 10.7 Å². The quantitative estimate of drug-likeness (QED) is 0.806. The monoisotopic (exact) mass is 296 g/mol. The van der Waals surface area contributed by atoms with Crippen LogP contribution in [0.25, 0.3) is 5.69 Å². The molecule has 2 aromatic rings. The maximum atomic E-state index is 12.8. The second-order valence-corrected chi connectivity index (χ2v) is 3.86. The van der Waals surface area contributed by atoms with Crippen LogP contribution >= 0.6 is 0 Å². The first-order valence-electron chi connectivity index (χ1n) is 5.16. The van der Waals surface area contributed by atoms with Gasteiger partial charge in [0.05, 0.1) is 11.3 Å². The standard InChI is InChI=1S/C11H6F6N2O/c12-10(13,14)6-3-1-2-4-7(6)19-9(20)5-8(18-19)11(15,16)17/h1-5,18H. The fourth-order valence-corrected chi connectivity index (χ4v) is 1.63. The summed E-state index contributed by atoms with van der Waals surface area (Å²) in [6.07, 6.45) is -9.64. The SMILES string of the molecule is O=c1cc(C(F)(F)F)[nH]n1-c1ccccc1C(F)(F)F. The highest BCUT2D eigenvalue weighted by Gasteiger charge is 2.36. The molecule has 0 aliphatic rings. The van der Waals surface area contributed by atoms with Crippen LogP contribution in [0.4, 0.5) is 26.3 Å². The first kappa shape index (κ1) is 14.2. The van der Waals surface area contributed by atoms with Gasteiger partial charge in [-0.3, -0.25) is 9.89 Å². The number of benzene rings is 1. The number of hydrogen-bond acceptors (Lipinski definition) is 1. The van der Waals surface area contributed by atoms with Crippen molar-refractivity contribution in [3.8, 4) is 5.69 Å². The van der Waals surface area contributed by atoms with Gasteiger partial charge in [-0.25, -0.2) is 4.68 Å². The molecule has 0 fully saturated rings. The second kappa shape index (κ2) is 4.43. The fourth-order valence-electron chi connectivity index (χ4n) is 1.63. The molecule has 9 heteroatoms. The van der Waals surface area contributed by atoms with Crippen LogP contribution in [-0.2, 0) is 12.4 Å². The van der Waals surface area contributed by atoms with Crippen molar-refractivity contribution < 1.29 is 26.3 Å². The van der Waals surface area contributed by atoms with Crippen LogP contribution in [0.3, 0.4) is 0 Å². The normalized spacial score (nSPS) is 12.7. The van der Waals surface area contributed by atoms with Gasteiger partial charge >= 0.3 is 12.4 Å². The molecule has 0 radical (unpaired) electrons. The summed E-state index contributed by atoms with van der Waals surface area (Å²) in [5.41, 5.74) is -4.55. The second-order valence-electron chi connectivity index (χ2n) is 3.86.